The van der Waals surface area contributed by atoms with E-state index in [1.165, 1.54) is 4.90 Å². The predicted octanol–water partition coefficient (Wildman–Crippen LogP) is 5.33. The van der Waals surface area contributed by atoms with Crippen molar-refractivity contribution < 1.29 is 9.53 Å². The molecule has 1 atom stereocenters. The molecule has 6 heteroatoms. The van der Waals surface area contributed by atoms with Gasteiger partial charge in [0.15, 0.2) is 0 Å². The van der Waals surface area contributed by atoms with Gasteiger partial charge in [-0.05, 0) is 44.9 Å². The highest BCUT2D eigenvalue weighted by Crippen LogP contribution is 2.35. The molecule has 1 unspecified atom stereocenters. The smallest absolute Gasteiger partial charge is 0.411 e. The van der Waals surface area contributed by atoms with Crippen LogP contribution >= 0.6 is 23.2 Å². The van der Waals surface area contributed by atoms with Crippen LogP contribution in [0.15, 0.2) is 35.8 Å². The first-order valence-corrected chi connectivity index (χ1v) is 8.29. The summed E-state index contributed by atoms with van der Waals surface area (Å²) >= 11 is 12.2. The van der Waals surface area contributed by atoms with Crippen molar-refractivity contribution in [3.05, 3.63) is 46.5 Å². The van der Waals surface area contributed by atoms with E-state index < -0.39 is 17.2 Å². The van der Waals surface area contributed by atoms with Gasteiger partial charge in [0.25, 0.3) is 0 Å². The van der Waals surface area contributed by atoms with Gasteiger partial charge < -0.3 is 4.74 Å². The fraction of sp³-hybridized carbons (Fsp3) is 0.444. The minimum atomic E-state index is -0.868. The van der Waals surface area contributed by atoms with Crippen molar-refractivity contribution in [3.8, 4) is 0 Å². The highest BCUT2D eigenvalue weighted by atomic mass is 35.5. The van der Waals surface area contributed by atoms with Gasteiger partial charge in [-0.25, -0.2) is 4.79 Å². The Labute approximate surface area is 154 Å². The summed E-state index contributed by atoms with van der Waals surface area (Å²) in [5.41, 5.74) is -0.699. The number of ether oxygens (including phenoxy) is 1. The molecule has 1 amide bonds. The molecule has 0 aromatic heterocycles. The summed E-state index contributed by atoms with van der Waals surface area (Å²) in [6.45, 7) is 9.27. The summed E-state index contributed by atoms with van der Waals surface area (Å²) in [6, 6.07) is 5.25. The highest BCUT2D eigenvalue weighted by Gasteiger charge is 2.39. The minimum absolute atomic E-state index is 0.407. The molecule has 24 heavy (non-hydrogen) atoms. The number of hydrogen-bond acceptors (Lipinski definition) is 3. The summed E-state index contributed by atoms with van der Waals surface area (Å²) in [6.07, 6.45) is 3.40. The van der Waals surface area contributed by atoms with Crippen molar-refractivity contribution in [1.82, 2.24) is 4.90 Å². The van der Waals surface area contributed by atoms with Gasteiger partial charge in [-0.1, -0.05) is 35.3 Å². The SMILES string of the molecule is C=CCC(/C=N\C)(c1ccc(Cl)c(Cl)c1)N(C)C(=O)OC(C)(C)C. The van der Waals surface area contributed by atoms with Crippen LogP contribution in [0.25, 0.3) is 0 Å². The van der Waals surface area contributed by atoms with Crippen LogP contribution in [0.2, 0.25) is 10.0 Å². The first-order valence-electron chi connectivity index (χ1n) is 7.54. The van der Waals surface area contributed by atoms with E-state index in [2.05, 4.69) is 11.6 Å². The number of aliphatic imine (C=N–C) groups is 1. The number of carbonyl (C=O) groups is 1. The predicted molar refractivity (Wildman–Crippen MR) is 101 cm³/mol. The molecule has 1 aromatic carbocycles. The fourth-order valence-corrected chi connectivity index (χ4v) is 2.65. The number of nitrogens with zero attached hydrogens (tertiary/aromatic N) is 2. The monoisotopic (exact) mass is 370 g/mol. The van der Waals surface area contributed by atoms with Crippen LogP contribution in [-0.4, -0.2) is 36.9 Å². The molecule has 0 bridgehead atoms. The number of benzene rings is 1. The molecule has 0 saturated carbocycles. The maximum atomic E-state index is 12.6. The average Bonchev–Trinajstić information content (AvgIpc) is 2.47. The summed E-state index contributed by atoms with van der Waals surface area (Å²) in [5, 5.41) is 0.853. The largest absolute Gasteiger partial charge is 0.444 e. The van der Waals surface area contributed by atoms with E-state index in [1.54, 1.807) is 38.5 Å². The van der Waals surface area contributed by atoms with Crippen molar-refractivity contribution in [1.29, 1.82) is 0 Å². The summed E-state index contributed by atoms with van der Waals surface area (Å²) in [7, 11) is 3.32. The Morgan fingerprint density at radius 3 is 2.42 bits per heavy atom. The second-order valence-corrected chi connectivity index (χ2v) is 7.29. The Morgan fingerprint density at radius 1 is 1.33 bits per heavy atom. The van der Waals surface area contributed by atoms with Crippen molar-refractivity contribution in [2.75, 3.05) is 14.1 Å². The van der Waals surface area contributed by atoms with Gasteiger partial charge in [-0.3, -0.25) is 9.89 Å². The zero-order valence-electron chi connectivity index (χ0n) is 14.8. The molecule has 1 rings (SSSR count). The lowest BCUT2D eigenvalue weighted by molar-refractivity contribution is 0.0159. The van der Waals surface area contributed by atoms with Crippen LogP contribution < -0.4 is 0 Å². The van der Waals surface area contributed by atoms with Crippen LogP contribution in [0.5, 0.6) is 0 Å². The molecule has 0 heterocycles. The second kappa shape index (κ2) is 8.04. The molecule has 0 spiro atoms. The van der Waals surface area contributed by atoms with Crippen molar-refractivity contribution in [2.45, 2.75) is 38.3 Å². The zero-order chi connectivity index (χ0) is 18.5. The van der Waals surface area contributed by atoms with Gasteiger partial charge in [0.1, 0.15) is 11.1 Å². The third-order valence-corrected chi connectivity index (χ3v) is 4.22. The first kappa shape index (κ1) is 20.5. The molecule has 0 N–H and O–H groups in total. The summed E-state index contributed by atoms with van der Waals surface area (Å²) in [4.78, 5) is 18.3. The van der Waals surface area contributed by atoms with Crippen molar-refractivity contribution >= 4 is 35.5 Å². The Hall–Kier alpha value is -1.52. The fourth-order valence-electron chi connectivity index (χ4n) is 2.35. The van der Waals surface area contributed by atoms with Crippen LogP contribution in [-0.2, 0) is 10.3 Å². The Morgan fingerprint density at radius 2 is 1.96 bits per heavy atom. The maximum Gasteiger partial charge on any atom is 0.411 e. The van der Waals surface area contributed by atoms with Gasteiger partial charge >= 0.3 is 6.09 Å². The van der Waals surface area contributed by atoms with Gasteiger partial charge in [0.2, 0.25) is 0 Å². The lowest BCUT2D eigenvalue weighted by atomic mass is 9.86. The van der Waals surface area contributed by atoms with Crippen molar-refractivity contribution in [2.24, 2.45) is 4.99 Å². The Kier molecular flexibility index (Phi) is 6.87. The molecule has 0 fully saturated rings. The van der Waals surface area contributed by atoms with Crippen LogP contribution in [0.4, 0.5) is 4.79 Å². The van der Waals surface area contributed by atoms with E-state index in [0.29, 0.717) is 16.5 Å². The summed E-state index contributed by atoms with van der Waals surface area (Å²) in [5.74, 6) is 0. The van der Waals surface area contributed by atoms with Crippen LogP contribution in [0.1, 0.15) is 32.8 Å². The normalized spacial score (nSPS) is 14.3. The lowest BCUT2D eigenvalue weighted by Crippen LogP contribution is -2.50. The van der Waals surface area contributed by atoms with Crippen LogP contribution in [0.3, 0.4) is 0 Å². The maximum absolute atomic E-state index is 12.6. The standard InChI is InChI=1S/C18H24Cl2N2O2/c1-7-10-18(12-21-5,13-8-9-14(19)15(20)11-13)22(6)16(23)24-17(2,3)4/h7-9,11-12H,1,10H2,2-6H3/b21-12-. The van der Waals surface area contributed by atoms with Crippen LogP contribution in [0, 0.1) is 0 Å². The molecule has 132 valence electrons. The van der Waals surface area contributed by atoms with Gasteiger partial charge in [0.05, 0.1) is 10.0 Å². The molecule has 0 aliphatic carbocycles. The Bertz CT molecular complexity index is 638. The van der Waals surface area contributed by atoms with E-state index in [9.17, 15) is 4.79 Å². The summed E-state index contributed by atoms with van der Waals surface area (Å²) < 4.78 is 5.51. The number of amides is 1. The number of carbonyl (C=O) groups excluding carboxylic acids is 1. The average molecular weight is 371 g/mol. The van der Waals surface area contributed by atoms with E-state index in [-0.39, 0.29) is 0 Å². The second-order valence-electron chi connectivity index (χ2n) is 6.47. The van der Waals surface area contributed by atoms with E-state index >= 15 is 0 Å². The van der Waals surface area contributed by atoms with Gasteiger partial charge in [-0.2, -0.15) is 0 Å². The number of halogens is 2. The molecular weight excluding hydrogens is 347 g/mol. The minimum Gasteiger partial charge on any atom is -0.444 e. The molecule has 4 nitrogen and oxygen atoms in total. The van der Waals surface area contributed by atoms with Gasteiger partial charge in [0, 0.05) is 20.3 Å². The molecule has 0 aliphatic heterocycles. The topological polar surface area (TPSA) is 41.9 Å². The molecule has 0 radical (unpaired) electrons. The third kappa shape index (κ3) is 4.74. The molecule has 1 aromatic rings. The number of rotatable bonds is 5. The Balaban J connectivity index is 3.44. The highest BCUT2D eigenvalue weighted by molar-refractivity contribution is 6.42. The van der Waals surface area contributed by atoms with Gasteiger partial charge in [-0.15, -0.1) is 6.58 Å². The van der Waals surface area contributed by atoms with E-state index in [0.717, 1.165) is 5.56 Å². The van der Waals surface area contributed by atoms with Crippen molar-refractivity contribution in [3.63, 3.8) is 0 Å². The number of hydrogen-bond donors (Lipinski definition) is 0. The zero-order valence-corrected chi connectivity index (χ0v) is 16.3. The molecule has 0 saturated heterocycles. The lowest BCUT2D eigenvalue weighted by Gasteiger charge is -2.39. The molecule has 0 aliphatic rings. The molecular formula is C18H24Cl2N2O2. The third-order valence-electron chi connectivity index (χ3n) is 3.48. The quantitative estimate of drug-likeness (QED) is 0.518. The first-order chi connectivity index (χ1) is 11.1. The van der Waals surface area contributed by atoms with E-state index in [1.807, 2.05) is 26.8 Å². The van der Waals surface area contributed by atoms with E-state index in [4.69, 9.17) is 27.9 Å².